The van der Waals surface area contributed by atoms with Gasteiger partial charge in [-0.1, -0.05) is 42.5 Å². The Morgan fingerprint density at radius 3 is 2.58 bits per heavy atom. The molecule has 128 valence electrons. The largest absolute Gasteiger partial charge is 0.392 e. The molecule has 0 bridgehead atoms. The number of nitrogens with zero attached hydrogens (tertiary/aromatic N) is 2. The molecule has 0 aliphatic carbocycles. The van der Waals surface area contributed by atoms with Gasteiger partial charge < -0.3 is 15.3 Å². The summed E-state index contributed by atoms with van der Waals surface area (Å²) >= 11 is 0. The first-order chi connectivity index (χ1) is 11.6. The van der Waals surface area contributed by atoms with Crippen molar-refractivity contribution >= 4 is 16.8 Å². The molecule has 1 atom stereocenters. The molecule has 1 saturated heterocycles. The van der Waals surface area contributed by atoms with E-state index in [4.69, 9.17) is 0 Å². The Kier molecular flexibility index (Phi) is 5.33. The van der Waals surface area contributed by atoms with Crippen LogP contribution in [0.25, 0.3) is 10.8 Å². The molecule has 0 spiro atoms. The van der Waals surface area contributed by atoms with E-state index >= 15 is 0 Å². The summed E-state index contributed by atoms with van der Waals surface area (Å²) in [6.45, 7) is 6.03. The maximum atomic E-state index is 12.4. The van der Waals surface area contributed by atoms with Crippen molar-refractivity contribution in [3.63, 3.8) is 0 Å². The number of rotatable bonds is 4. The van der Waals surface area contributed by atoms with Crippen molar-refractivity contribution in [3.8, 4) is 0 Å². The normalized spacial score (nSPS) is 17.0. The summed E-state index contributed by atoms with van der Waals surface area (Å²) < 4.78 is 0. The lowest BCUT2D eigenvalue weighted by atomic mass is 10.0. The lowest BCUT2D eigenvalue weighted by Crippen LogP contribution is -2.52. The number of benzene rings is 2. The number of amides is 2. The number of aliphatic hydroxyl groups excluding tert-OH is 1. The topological polar surface area (TPSA) is 55.8 Å². The Morgan fingerprint density at radius 2 is 1.83 bits per heavy atom. The number of aliphatic hydroxyl groups is 1. The molecule has 0 aromatic heterocycles. The van der Waals surface area contributed by atoms with Gasteiger partial charge in [0.05, 0.1) is 6.10 Å². The average Bonchev–Trinajstić information content (AvgIpc) is 2.59. The van der Waals surface area contributed by atoms with Crippen molar-refractivity contribution in [2.24, 2.45) is 0 Å². The third-order valence-electron chi connectivity index (χ3n) is 4.49. The maximum absolute atomic E-state index is 12.4. The van der Waals surface area contributed by atoms with Crippen LogP contribution in [0, 0.1) is 0 Å². The number of piperazine rings is 1. The quantitative estimate of drug-likeness (QED) is 0.904. The van der Waals surface area contributed by atoms with Crippen LogP contribution >= 0.6 is 0 Å². The minimum absolute atomic E-state index is 0.0142. The zero-order chi connectivity index (χ0) is 16.9. The number of urea groups is 1. The zero-order valence-corrected chi connectivity index (χ0v) is 14.1. The van der Waals surface area contributed by atoms with Crippen LogP contribution in [0.4, 0.5) is 4.79 Å². The monoisotopic (exact) mass is 327 g/mol. The van der Waals surface area contributed by atoms with Crippen LogP contribution in [0.3, 0.4) is 0 Å². The first kappa shape index (κ1) is 16.7. The number of β-amino-alcohol motifs (C(OH)–C–C–N with tert-alkyl or cyclic N) is 1. The van der Waals surface area contributed by atoms with Gasteiger partial charge >= 0.3 is 6.03 Å². The van der Waals surface area contributed by atoms with Crippen molar-refractivity contribution in [2.45, 2.75) is 19.6 Å². The minimum atomic E-state index is -0.322. The van der Waals surface area contributed by atoms with E-state index in [-0.39, 0.29) is 12.1 Å². The minimum Gasteiger partial charge on any atom is -0.392 e. The molecule has 0 saturated carbocycles. The first-order valence-electron chi connectivity index (χ1n) is 8.53. The van der Waals surface area contributed by atoms with Gasteiger partial charge in [-0.2, -0.15) is 0 Å². The highest BCUT2D eigenvalue weighted by Gasteiger charge is 2.21. The average molecular weight is 327 g/mol. The molecule has 2 N–H and O–H groups in total. The summed E-state index contributed by atoms with van der Waals surface area (Å²) in [5, 5.41) is 14.9. The second kappa shape index (κ2) is 7.64. The maximum Gasteiger partial charge on any atom is 0.317 e. The number of carbonyl (C=O) groups is 1. The van der Waals surface area contributed by atoms with Gasteiger partial charge in [-0.05, 0) is 23.3 Å². The Morgan fingerprint density at radius 1 is 1.12 bits per heavy atom. The van der Waals surface area contributed by atoms with Gasteiger partial charge in [-0.15, -0.1) is 0 Å². The summed E-state index contributed by atoms with van der Waals surface area (Å²) in [6.07, 6.45) is -0.322. The van der Waals surface area contributed by atoms with Crippen LogP contribution in [0.5, 0.6) is 0 Å². The fourth-order valence-corrected chi connectivity index (χ4v) is 3.24. The summed E-state index contributed by atoms with van der Waals surface area (Å²) in [7, 11) is 0. The van der Waals surface area contributed by atoms with E-state index in [0.29, 0.717) is 26.2 Å². The summed E-state index contributed by atoms with van der Waals surface area (Å²) in [6, 6.07) is 14.4. The molecular formula is C19H25N3O2. The van der Waals surface area contributed by atoms with E-state index in [1.54, 1.807) is 6.92 Å². The molecule has 1 heterocycles. The number of hydrogen-bond donors (Lipinski definition) is 2. The van der Waals surface area contributed by atoms with E-state index < -0.39 is 0 Å². The van der Waals surface area contributed by atoms with E-state index in [1.807, 2.05) is 23.1 Å². The van der Waals surface area contributed by atoms with Gasteiger partial charge in [0.2, 0.25) is 0 Å². The van der Waals surface area contributed by atoms with Gasteiger partial charge in [0.25, 0.3) is 0 Å². The molecule has 2 aromatic rings. The highest BCUT2D eigenvalue weighted by Crippen LogP contribution is 2.18. The van der Waals surface area contributed by atoms with Crippen LogP contribution in [0.2, 0.25) is 0 Å². The number of carbonyl (C=O) groups excluding carboxylic acids is 1. The van der Waals surface area contributed by atoms with Crippen LogP contribution in [0.1, 0.15) is 12.5 Å². The third kappa shape index (κ3) is 4.04. The second-order valence-corrected chi connectivity index (χ2v) is 6.43. The van der Waals surface area contributed by atoms with Crippen molar-refractivity contribution in [3.05, 3.63) is 48.0 Å². The lowest BCUT2D eigenvalue weighted by Gasteiger charge is -2.35. The molecule has 1 fully saturated rings. The van der Waals surface area contributed by atoms with Gasteiger partial charge in [-0.3, -0.25) is 4.90 Å². The first-order valence-corrected chi connectivity index (χ1v) is 8.53. The molecular weight excluding hydrogens is 302 g/mol. The van der Waals surface area contributed by atoms with E-state index in [0.717, 1.165) is 18.7 Å². The molecule has 1 aliphatic heterocycles. The standard InChI is InChI=1S/C19H25N3O2/c1-15(23)14-21-9-11-22(12-10-21)19(24)20-13-17-7-4-6-16-5-2-3-8-18(16)17/h2-8,15,23H,9-14H2,1H3,(H,20,24)/t15-/m0/s1. The molecule has 3 rings (SSSR count). The van der Waals surface area contributed by atoms with E-state index in [2.05, 4.69) is 34.5 Å². The van der Waals surface area contributed by atoms with Gasteiger partial charge in [-0.25, -0.2) is 4.79 Å². The van der Waals surface area contributed by atoms with Crippen molar-refractivity contribution in [2.75, 3.05) is 32.7 Å². The smallest absolute Gasteiger partial charge is 0.317 e. The van der Waals surface area contributed by atoms with Crippen LogP contribution < -0.4 is 5.32 Å². The number of fused-ring (bicyclic) bond motifs is 1. The number of nitrogens with one attached hydrogen (secondary N) is 1. The van der Waals surface area contributed by atoms with E-state index in [1.165, 1.54) is 10.8 Å². The summed E-state index contributed by atoms with van der Waals surface area (Å²) in [5.74, 6) is 0. The predicted molar refractivity (Wildman–Crippen MR) is 95.9 cm³/mol. The number of hydrogen-bond acceptors (Lipinski definition) is 3. The third-order valence-corrected chi connectivity index (χ3v) is 4.49. The Hall–Kier alpha value is -2.11. The fourth-order valence-electron chi connectivity index (χ4n) is 3.24. The highest BCUT2D eigenvalue weighted by atomic mass is 16.3. The lowest BCUT2D eigenvalue weighted by molar-refractivity contribution is 0.0897. The molecule has 24 heavy (non-hydrogen) atoms. The highest BCUT2D eigenvalue weighted by molar-refractivity contribution is 5.86. The molecule has 2 aromatic carbocycles. The molecule has 0 radical (unpaired) electrons. The summed E-state index contributed by atoms with van der Waals surface area (Å²) in [5.41, 5.74) is 1.13. The van der Waals surface area contributed by atoms with Gasteiger partial charge in [0.1, 0.15) is 0 Å². The van der Waals surface area contributed by atoms with Crippen molar-refractivity contribution in [1.29, 1.82) is 0 Å². The van der Waals surface area contributed by atoms with Gasteiger partial charge in [0, 0.05) is 39.3 Å². The summed E-state index contributed by atoms with van der Waals surface area (Å²) in [4.78, 5) is 16.4. The fraction of sp³-hybridized carbons (Fsp3) is 0.421. The van der Waals surface area contributed by atoms with E-state index in [9.17, 15) is 9.90 Å². The Balaban J connectivity index is 1.54. The molecule has 5 heteroatoms. The SMILES string of the molecule is C[C@H](O)CN1CCN(C(=O)NCc2cccc3ccccc23)CC1. The Bertz CT molecular complexity index is 689. The molecule has 0 unspecified atom stereocenters. The molecule has 2 amide bonds. The van der Waals surface area contributed by atoms with Gasteiger partial charge in [0.15, 0.2) is 0 Å². The van der Waals surface area contributed by atoms with Crippen molar-refractivity contribution in [1.82, 2.24) is 15.1 Å². The Labute approximate surface area is 142 Å². The zero-order valence-electron chi connectivity index (χ0n) is 14.1. The van der Waals surface area contributed by atoms with Crippen molar-refractivity contribution < 1.29 is 9.90 Å². The van der Waals surface area contributed by atoms with Crippen LogP contribution in [-0.4, -0.2) is 59.8 Å². The van der Waals surface area contributed by atoms with Crippen LogP contribution in [-0.2, 0) is 6.54 Å². The molecule has 5 nitrogen and oxygen atoms in total. The van der Waals surface area contributed by atoms with Crippen LogP contribution in [0.15, 0.2) is 42.5 Å². The predicted octanol–water partition coefficient (Wildman–Crippen LogP) is 2.05. The second-order valence-electron chi connectivity index (χ2n) is 6.43. The molecule has 1 aliphatic rings.